The van der Waals surface area contributed by atoms with Crippen LogP contribution in [0.1, 0.15) is 24.5 Å². The maximum absolute atomic E-state index is 12.4. The molecule has 2 aromatic carbocycles. The number of halogens is 1. The molecule has 0 heterocycles. The van der Waals surface area contributed by atoms with E-state index in [0.717, 1.165) is 22.3 Å². The van der Waals surface area contributed by atoms with Crippen LogP contribution in [0.2, 0.25) is 0 Å². The molecule has 3 nitrogen and oxygen atoms in total. The van der Waals surface area contributed by atoms with Gasteiger partial charge >= 0.3 is 0 Å². The van der Waals surface area contributed by atoms with Crippen molar-refractivity contribution in [3.8, 4) is 0 Å². The van der Waals surface area contributed by atoms with Crippen molar-refractivity contribution in [2.24, 2.45) is 0 Å². The quantitative estimate of drug-likeness (QED) is 0.767. The van der Waals surface area contributed by atoms with E-state index < -0.39 is 0 Å². The number of hydrogen-bond donors (Lipinski definition) is 1. The Morgan fingerprint density at radius 3 is 2.57 bits per heavy atom. The largest absolute Gasteiger partial charge is 0.384 e. The van der Waals surface area contributed by atoms with Gasteiger partial charge in [0, 0.05) is 36.2 Å². The van der Waals surface area contributed by atoms with Gasteiger partial charge in [-0.2, -0.15) is 0 Å². The number of rotatable bonds is 7. The first-order valence-electron chi connectivity index (χ1n) is 7.92. The second-order valence-electron chi connectivity index (χ2n) is 5.55. The van der Waals surface area contributed by atoms with Crippen LogP contribution >= 0.6 is 15.9 Å². The monoisotopic (exact) mass is 374 g/mol. The van der Waals surface area contributed by atoms with Crippen LogP contribution in [0.15, 0.2) is 53.0 Å². The summed E-state index contributed by atoms with van der Waals surface area (Å²) in [6.45, 7) is 6.10. The van der Waals surface area contributed by atoms with Crippen molar-refractivity contribution in [3.05, 3.63) is 64.1 Å². The molecule has 0 radical (unpaired) electrons. The van der Waals surface area contributed by atoms with Gasteiger partial charge in [0.15, 0.2) is 0 Å². The summed E-state index contributed by atoms with van der Waals surface area (Å²) in [6, 6.07) is 16.3. The number of amides is 1. The molecule has 1 N–H and O–H groups in total. The molecule has 23 heavy (non-hydrogen) atoms. The third kappa shape index (κ3) is 5.39. The van der Waals surface area contributed by atoms with Crippen LogP contribution in [-0.4, -0.2) is 23.9 Å². The number of nitrogens with zero attached hydrogens (tertiary/aromatic N) is 1. The lowest BCUT2D eigenvalue weighted by molar-refractivity contribution is -0.131. The Hall–Kier alpha value is -1.81. The van der Waals surface area contributed by atoms with Gasteiger partial charge in [-0.1, -0.05) is 36.4 Å². The lowest BCUT2D eigenvalue weighted by Gasteiger charge is -2.21. The van der Waals surface area contributed by atoms with Gasteiger partial charge in [0.25, 0.3) is 0 Å². The first kappa shape index (κ1) is 17.5. The van der Waals surface area contributed by atoms with Gasteiger partial charge in [0.1, 0.15) is 0 Å². The molecule has 0 fully saturated rings. The zero-order chi connectivity index (χ0) is 16.7. The molecule has 0 aliphatic heterocycles. The van der Waals surface area contributed by atoms with E-state index in [2.05, 4.69) is 52.4 Å². The molecule has 0 atom stereocenters. The normalized spacial score (nSPS) is 10.4. The van der Waals surface area contributed by atoms with Gasteiger partial charge in [-0.25, -0.2) is 0 Å². The highest BCUT2D eigenvalue weighted by Gasteiger charge is 2.12. The number of nitrogens with one attached hydrogen (secondary N) is 1. The second-order valence-corrected chi connectivity index (χ2v) is 6.41. The van der Waals surface area contributed by atoms with Crippen molar-refractivity contribution in [3.63, 3.8) is 0 Å². The van der Waals surface area contributed by atoms with E-state index in [-0.39, 0.29) is 5.91 Å². The molecule has 0 unspecified atom stereocenters. The number of aryl methyl sites for hydroxylation is 1. The van der Waals surface area contributed by atoms with E-state index in [1.807, 2.05) is 36.1 Å². The standard InChI is InChI=1S/C19H23BrN2O/c1-3-22(14-16-7-5-4-6-8-16)19(23)11-12-21-18-10-9-15(2)13-17(18)20/h4-10,13,21H,3,11-12,14H2,1-2H3. The lowest BCUT2D eigenvalue weighted by atomic mass is 10.2. The Bertz CT molecular complexity index is 643. The molecule has 0 aliphatic carbocycles. The zero-order valence-corrected chi connectivity index (χ0v) is 15.3. The summed E-state index contributed by atoms with van der Waals surface area (Å²) in [5.74, 6) is 0.173. The molecule has 0 aromatic heterocycles. The van der Waals surface area contributed by atoms with Crippen LogP contribution in [0, 0.1) is 6.92 Å². The molecule has 2 aromatic rings. The fraction of sp³-hybridized carbons (Fsp3) is 0.316. The molecular weight excluding hydrogens is 352 g/mol. The molecule has 122 valence electrons. The van der Waals surface area contributed by atoms with Gasteiger partial charge in [-0.05, 0) is 53.0 Å². The summed E-state index contributed by atoms with van der Waals surface area (Å²) in [6.07, 6.45) is 0.487. The predicted molar refractivity (Wildman–Crippen MR) is 99.5 cm³/mol. The van der Waals surface area contributed by atoms with Crippen LogP contribution in [0.5, 0.6) is 0 Å². The number of carbonyl (C=O) groups is 1. The van der Waals surface area contributed by atoms with E-state index in [1.165, 1.54) is 5.56 Å². The maximum Gasteiger partial charge on any atom is 0.224 e. The average molecular weight is 375 g/mol. The van der Waals surface area contributed by atoms with Crippen molar-refractivity contribution in [1.82, 2.24) is 4.90 Å². The number of benzene rings is 2. The molecule has 0 saturated carbocycles. The smallest absolute Gasteiger partial charge is 0.224 e. The Balaban J connectivity index is 1.85. The van der Waals surface area contributed by atoms with Crippen molar-refractivity contribution < 1.29 is 4.79 Å². The number of anilines is 1. The molecule has 2 rings (SSSR count). The van der Waals surface area contributed by atoms with Gasteiger partial charge in [-0.3, -0.25) is 4.79 Å². The van der Waals surface area contributed by atoms with E-state index in [9.17, 15) is 4.79 Å². The predicted octanol–water partition coefficient (Wildman–Crippen LogP) is 4.61. The number of hydrogen-bond acceptors (Lipinski definition) is 2. The van der Waals surface area contributed by atoms with Crippen LogP contribution in [-0.2, 0) is 11.3 Å². The van der Waals surface area contributed by atoms with E-state index in [1.54, 1.807) is 0 Å². The van der Waals surface area contributed by atoms with Crippen LogP contribution in [0.4, 0.5) is 5.69 Å². The Labute approximate surface area is 146 Å². The second kappa shape index (κ2) is 8.73. The molecule has 4 heteroatoms. The fourth-order valence-electron chi connectivity index (χ4n) is 2.41. The molecule has 0 bridgehead atoms. The van der Waals surface area contributed by atoms with Crippen molar-refractivity contribution >= 4 is 27.5 Å². The molecule has 1 amide bonds. The van der Waals surface area contributed by atoms with Crippen molar-refractivity contribution in [1.29, 1.82) is 0 Å². The van der Waals surface area contributed by atoms with Gasteiger partial charge in [0.05, 0.1) is 0 Å². The molecule has 0 saturated heterocycles. The lowest BCUT2D eigenvalue weighted by Crippen LogP contribution is -2.31. The van der Waals surface area contributed by atoms with Crippen molar-refractivity contribution in [2.75, 3.05) is 18.4 Å². The summed E-state index contributed by atoms with van der Waals surface area (Å²) in [4.78, 5) is 14.3. The summed E-state index contributed by atoms with van der Waals surface area (Å²) in [5.41, 5.74) is 3.39. The third-order valence-corrected chi connectivity index (χ3v) is 4.39. The maximum atomic E-state index is 12.4. The first-order valence-corrected chi connectivity index (χ1v) is 8.71. The topological polar surface area (TPSA) is 32.3 Å². The SMILES string of the molecule is CCN(Cc1ccccc1)C(=O)CCNc1ccc(C)cc1Br. The average Bonchev–Trinajstić information content (AvgIpc) is 2.55. The third-order valence-electron chi connectivity index (χ3n) is 3.73. The molecule has 0 aliphatic rings. The van der Waals surface area contributed by atoms with Crippen LogP contribution in [0.25, 0.3) is 0 Å². The highest BCUT2D eigenvalue weighted by Crippen LogP contribution is 2.23. The summed E-state index contributed by atoms with van der Waals surface area (Å²) < 4.78 is 1.03. The zero-order valence-electron chi connectivity index (χ0n) is 13.7. The summed E-state index contributed by atoms with van der Waals surface area (Å²) >= 11 is 3.54. The number of carbonyl (C=O) groups excluding carboxylic acids is 1. The minimum Gasteiger partial charge on any atom is -0.384 e. The summed E-state index contributed by atoms with van der Waals surface area (Å²) in [7, 11) is 0. The Kier molecular flexibility index (Phi) is 6.66. The highest BCUT2D eigenvalue weighted by molar-refractivity contribution is 9.10. The fourth-order valence-corrected chi connectivity index (χ4v) is 3.04. The molecular formula is C19H23BrN2O. The van der Waals surface area contributed by atoms with Gasteiger partial charge < -0.3 is 10.2 Å². The highest BCUT2D eigenvalue weighted by atomic mass is 79.9. The summed E-state index contributed by atoms with van der Waals surface area (Å²) in [5, 5.41) is 3.32. The Morgan fingerprint density at radius 1 is 1.17 bits per heavy atom. The van der Waals surface area contributed by atoms with Gasteiger partial charge in [-0.15, -0.1) is 0 Å². The van der Waals surface area contributed by atoms with E-state index in [4.69, 9.17) is 0 Å². The molecule has 0 spiro atoms. The van der Waals surface area contributed by atoms with Gasteiger partial charge in [0.2, 0.25) is 5.91 Å². The van der Waals surface area contributed by atoms with Crippen molar-refractivity contribution in [2.45, 2.75) is 26.8 Å². The first-order chi connectivity index (χ1) is 11.1. The minimum absolute atomic E-state index is 0.173. The van der Waals surface area contributed by atoms with Crippen LogP contribution < -0.4 is 5.32 Å². The van der Waals surface area contributed by atoms with E-state index in [0.29, 0.717) is 19.5 Å². The minimum atomic E-state index is 0.173. The Morgan fingerprint density at radius 2 is 1.91 bits per heavy atom. The van der Waals surface area contributed by atoms with Crippen LogP contribution in [0.3, 0.4) is 0 Å². The van der Waals surface area contributed by atoms with E-state index >= 15 is 0 Å².